The van der Waals surface area contributed by atoms with Crippen LogP contribution in [0.25, 0.3) is 0 Å². The van der Waals surface area contributed by atoms with Crippen molar-refractivity contribution in [2.45, 2.75) is 44.7 Å². The summed E-state index contributed by atoms with van der Waals surface area (Å²) in [5, 5.41) is 0. The molecule has 2 nitrogen and oxygen atoms in total. The average molecular weight is 286 g/mol. The third-order valence-electron chi connectivity index (χ3n) is 4.12. The first kappa shape index (κ1) is 15.3. The summed E-state index contributed by atoms with van der Waals surface area (Å²) < 4.78 is 39.9. The lowest BCUT2D eigenvalue weighted by Crippen LogP contribution is -2.40. The number of benzene rings is 1. The van der Waals surface area contributed by atoms with Crippen LogP contribution in [-0.4, -0.2) is 24.0 Å². The van der Waals surface area contributed by atoms with Gasteiger partial charge in [-0.05, 0) is 44.0 Å². The third kappa shape index (κ3) is 3.15. The Hall–Kier alpha value is -1.07. The van der Waals surface area contributed by atoms with Gasteiger partial charge < -0.3 is 5.73 Å². The van der Waals surface area contributed by atoms with Gasteiger partial charge in [-0.3, -0.25) is 4.90 Å². The van der Waals surface area contributed by atoms with Crippen LogP contribution in [0.15, 0.2) is 12.1 Å². The van der Waals surface area contributed by atoms with Crippen molar-refractivity contribution >= 4 is 0 Å². The molecule has 0 aliphatic carbocycles. The number of nitrogens with zero attached hydrogens (tertiary/aromatic N) is 1. The smallest absolute Gasteiger partial charge is 0.194 e. The SMILES string of the molecule is CC1CCCCCN1C(CN)c1cc(F)c(F)c(F)c1. The van der Waals surface area contributed by atoms with Gasteiger partial charge in [0, 0.05) is 18.6 Å². The zero-order valence-electron chi connectivity index (χ0n) is 11.7. The molecule has 1 aromatic rings. The molecule has 2 N–H and O–H groups in total. The number of nitrogens with two attached hydrogens (primary N) is 1. The fourth-order valence-corrected chi connectivity index (χ4v) is 2.99. The molecule has 112 valence electrons. The van der Waals surface area contributed by atoms with E-state index < -0.39 is 17.5 Å². The van der Waals surface area contributed by atoms with Gasteiger partial charge in [0.1, 0.15) is 0 Å². The lowest BCUT2D eigenvalue weighted by atomic mass is 10.0. The van der Waals surface area contributed by atoms with E-state index in [0.717, 1.165) is 44.4 Å². The van der Waals surface area contributed by atoms with Gasteiger partial charge in [0.2, 0.25) is 0 Å². The second-order valence-corrected chi connectivity index (χ2v) is 5.49. The van der Waals surface area contributed by atoms with E-state index >= 15 is 0 Å². The molecule has 5 heteroatoms. The predicted octanol–water partition coefficient (Wildman–Crippen LogP) is 3.37. The highest BCUT2D eigenvalue weighted by atomic mass is 19.2. The molecule has 0 amide bonds. The van der Waals surface area contributed by atoms with Gasteiger partial charge >= 0.3 is 0 Å². The fourth-order valence-electron chi connectivity index (χ4n) is 2.99. The maximum Gasteiger partial charge on any atom is 0.194 e. The fraction of sp³-hybridized carbons (Fsp3) is 0.600. The molecule has 2 rings (SSSR count). The Morgan fingerprint density at radius 1 is 1.20 bits per heavy atom. The summed E-state index contributed by atoms with van der Waals surface area (Å²) in [6, 6.07) is 2.16. The van der Waals surface area contributed by atoms with Crippen LogP contribution in [0.1, 0.15) is 44.2 Å². The number of halogens is 3. The zero-order valence-corrected chi connectivity index (χ0v) is 11.7. The first-order valence-corrected chi connectivity index (χ1v) is 7.15. The Balaban J connectivity index is 2.31. The van der Waals surface area contributed by atoms with Crippen LogP contribution in [-0.2, 0) is 0 Å². The minimum Gasteiger partial charge on any atom is -0.329 e. The second kappa shape index (κ2) is 6.59. The van der Waals surface area contributed by atoms with Gasteiger partial charge in [-0.1, -0.05) is 12.8 Å². The van der Waals surface area contributed by atoms with E-state index in [1.807, 2.05) is 0 Å². The van der Waals surface area contributed by atoms with Gasteiger partial charge in [-0.15, -0.1) is 0 Å². The van der Waals surface area contributed by atoms with E-state index in [-0.39, 0.29) is 12.6 Å². The summed E-state index contributed by atoms with van der Waals surface area (Å²) in [4.78, 5) is 2.18. The summed E-state index contributed by atoms with van der Waals surface area (Å²) in [7, 11) is 0. The lowest BCUT2D eigenvalue weighted by Gasteiger charge is -2.35. The molecule has 2 atom stereocenters. The Morgan fingerprint density at radius 2 is 1.85 bits per heavy atom. The average Bonchev–Trinajstić information content (AvgIpc) is 2.62. The highest BCUT2D eigenvalue weighted by Crippen LogP contribution is 2.29. The van der Waals surface area contributed by atoms with Gasteiger partial charge in [-0.25, -0.2) is 13.2 Å². The highest BCUT2D eigenvalue weighted by Gasteiger charge is 2.26. The number of rotatable bonds is 3. The Morgan fingerprint density at radius 3 is 2.45 bits per heavy atom. The standard InChI is InChI=1S/C15H21F3N2/c1-10-5-3-2-4-6-20(10)14(9-19)11-7-12(16)15(18)13(17)8-11/h7-8,10,14H,2-6,9,19H2,1H3. The third-order valence-corrected chi connectivity index (χ3v) is 4.12. The molecule has 0 aromatic heterocycles. The maximum atomic E-state index is 13.4. The quantitative estimate of drug-likeness (QED) is 0.863. The van der Waals surface area contributed by atoms with Crippen molar-refractivity contribution in [3.05, 3.63) is 35.1 Å². The molecule has 0 bridgehead atoms. The Kier molecular flexibility index (Phi) is 5.05. The van der Waals surface area contributed by atoms with Crippen molar-refractivity contribution in [3.63, 3.8) is 0 Å². The predicted molar refractivity (Wildman–Crippen MR) is 72.7 cm³/mol. The van der Waals surface area contributed by atoms with E-state index in [9.17, 15) is 13.2 Å². The van der Waals surface area contributed by atoms with Crippen LogP contribution in [0.2, 0.25) is 0 Å². The van der Waals surface area contributed by atoms with E-state index in [4.69, 9.17) is 5.73 Å². The minimum atomic E-state index is -1.42. The van der Waals surface area contributed by atoms with Gasteiger partial charge in [0.25, 0.3) is 0 Å². The van der Waals surface area contributed by atoms with Crippen LogP contribution < -0.4 is 5.73 Å². The van der Waals surface area contributed by atoms with Crippen LogP contribution in [0.3, 0.4) is 0 Å². The molecule has 20 heavy (non-hydrogen) atoms. The molecule has 1 heterocycles. The summed E-state index contributed by atoms with van der Waals surface area (Å²) in [5.74, 6) is -3.73. The molecule has 1 fully saturated rings. The first-order valence-electron chi connectivity index (χ1n) is 7.15. The number of hydrogen-bond acceptors (Lipinski definition) is 2. The summed E-state index contributed by atoms with van der Waals surface area (Å²) in [6.07, 6.45) is 4.40. The Bertz CT molecular complexity index is 441. The normalized spacial score (nSPS) is 22.6. The maximum absolute atomic E-state index is 13.4. The van der Waals surface area contributed by atoms with Crippen LogP contribution in [0.5, 0.6) is 0 Å². The van der Waals surface area contributed by atoms with E-state index in [0.29, 0.717) is 11.6 Å². The lowest BCUT2D eigenvalue weighted by molar-refractivity contribution is 0.150. The van der Waals surface area contributed by atoms with Crippen LogP contribution in [0, 0.1) is 17.5 Å². The zero-order chi connectivity index (χ0) is 14.7. The Labute approximate surface area is 117 Å². The number of hydrogen-bond donors (Lipinski definition) is 1. The van der Waals surface area contributed by atoms with Crippen molar-refractivity contribution < 1.29 is 13.2 Å². The summed E-state index contributed by atoms with van der Waals surface area (Å²) >= 11 is 0. The summed E-state index contributed by atoms with van der Waals surface area (Å²) in [6.45, 7) is 3.21. The molecule has 0 radical (unpaired) electrons. The first-order chi connectivity index (χ1) is 9.54. The van der Waals surface area contributed by atoms with Crippen molar-refractivity contribution in [1.29, 1.82) is 0 Å². The summed E-state index contributed by atoms with van der Waals surface area (Å²) in [5.41, 5.74) is 6.22. The molecule has 1 aromatic carbocycles. The monoisotopic (exact) mass is 286 g/mol. The molecule has 0 spiro atoms. The molecule has 2 unspecified atom stereocenters. The topological polar surface area (TPSA) is 29.3 Å². The van der Waals surface area contributed by atoms with Crippen LogP contribution in [0.4, 0.5) is 13.2 Å². The van der Waals surface area contributed by atoms with Crippen molar-refractivity contribution in [2.75, 3.05) is 13.1 Å². The van der Waals surface area contributed by atoms with E-state index in [1.165, 1.54) is 0 Å². The largest absolute Gasteiger partial charge is 0.329 e. The number of likely N-dealkylation sites (tertiary alicyclic amines) is 1. The van der Waals surface area contributed by atoms with Crippen molar-refractivity contribution in [1.82, 2.24) is 4.90 Å². The second-order valence-electron chi connectivity index (χ2n) is 5.49. The molecular weight excluding hydrogens is 265 g/mol. The van der Waals surface area contributed by atoms with Crippen molar-refractivity contribution in [3.8, 4) is 0 Å². The van der Waals surface area contributed by atoms with E-state index in [1.54, 1.807) is 0 Å². The van der Waals surface area contributed by atoms with Gasteiger partial charge in [-0.2, -0.15) is 0 Å². The van der Waals surface area contributed by atoms with Gasteiger partial charge in [0.15, 0.2) is 17.5 Å². The van der Waals surface area contributed by atoms with Crippen LogP contribution >= 0.6 is 0 Å². The molecule has 0 saturated carbocycles. The molecular formula is C15H21F3N2. The minimum absolute atomic E-state index is 0.259. The highest BCUT2D eigenvalue weighted by molar-refractivity contribution is 5.23. The van der Waals surface area contributed by atoms with Gasteiger partial charge in [0.05, 0.1) is 0 Å². The molecule has 1 aliphatic rings. The molecule has 1 saturated heterocycles. The molecule has 1 aliphatic heterocycles. The van der Waals surface area contributed by atoms with Crippen molar-refractivity contribution in [2.24, 2.45) is 5.73 Å². The van der Waals surface area contributed by atoms with E-state index in [2.05, 4.69) is 11.8 Å².